The van der Waals surface area contributed by atoms with E-state index in [-0.39, 0.29) is 11.6 Å². The zero-order chi connectivity index (χ0) is 19.9. The SMILES string of the molecule is COc1ccc(CNC(=O)c2ccc(Nc3cc(C)ccc3OC)nn2)cc1. The lowest BCUT2D eigenvalue weighted by Crippen LogP contribution is -2.24. The molecule has 1 aromatic heterocycles. The predicted octanol–water partition coefficient (Wildman–Crippen LogP) is 3.48. The lowest BCUT2D eigenvalue weighted by molar-refractivity contribution is 0.0945. The maximum absolute atomic E-state index is 12.3. The molecule has 0 fully saturated rings. The Labute approximate surface area is 163 Å². The molecule has 3 aromatic rings. The molecule has 2 aromatic carbocycles. The Morgan fingerprint density at radius 1 is 0.964 bits per heavy atom. The lowest BCUT2D eigenvalue weighted by Gasteiger charge is -2.11. The second kappa shape index (κ2) is 8.85. The third kappa shape index (κ3) is 4.76. The van der Waals surface area contributed by atoms with E-state index in [4.69, 9.17) is 9.47 Å². The highest BCUT2D eigenvalue weighted by atomic mass is 16.5. The van der Waals surface area contributed by atoms with Crippen LogP contribution in [-0.4, -0.2) is 30.3 Å². The minimum Gasteiger partial charge on any atom is -0.497 e. The fraction of sp³-hybridized carbons (Fsp3) is 0.190. The molecule has 144 valence electrons. The van der Waals surface area contributed by atoms with Crippen LogP contribution in [0.15, 0.2) is 54.6 Å². The summed E-state index contributed by atoms with van der Waals surface area (Å²) in [4.78, 5) is 12.3. The van der Waals surface area contributed by atoms with E-state index in [0.717, 1.165) is 22.6 Å². The van der Waals surface area contributed by atoms with Gasteiger partial charge in [-0.15, -0.1) is 10.2 Å². The van der Waals surface area contributed by atoms with E-state index < -0.39 is 0 Å². The Bertz CT molecular complexity index is 941. The number of aromatic nitrogens is 2. The van der Waals surface area contributed by atoms with Crippen molar-refractivity contribution in [3.05, 3.63) is 71.4 Å². The number of hydrogen-bond acceptors (Lipinski definition) is 6. The van der Waals surface area contributed by atoms with Gasteiger partial charge in [0.25, 0.3) is 5.91 Å². The standard InChI is InChI=1S/C21H22N4O3/c1-14-4-10-19(28-3)18(12-14)23-20-11-9-17(24-25-20)21(26)22-13-15-5-7-16(27-2)8-6-15/h4-12H,13H2,1-3H3,(H,22,26)(H,23,25). The Kier molecular flexibility index (Phi) is 6.06. The van der Waals surface area contributed by atoms with Crippen LogP contribution in [0.3, 0.4) is 0 Å². The molecular weight excluding hydrogens is 356 g/mol. The van der Waals surface area contributed by atoms with Gasteiger partial charge in [0.2, 0.25) is 0 Å². The smallest absolute Gasteiger partial charge is 0.272 e. The molecule has 28 heavy (non-hydrogen) atoms. The molecule has 7 nitrogen and oxygen atoms in total. The summed E-state index contributed by atoms with van der Waals surface area (Å²) in [7, 11) is 3.22. The predicted molar refractivity (Wildman–Crippen MR) is 107 cm³/mol. The zero-order valence-corrected chi connectivity index (χ0v) is 16.0. The number of amides is 1. The molecular formula is C21H22N4O3. The van der Waals surface area contributed by atoms with Crippen LogP contribution < -0.4 is 20.1 Å². The van der Waals surface area contributed by atoms with Crippen molar-refractivity contribution in [3.8, 4) is 11.5 Å². The number of anilines is 2. The Hall–Kier alpha value is -3.61. The van der Waals surface area contributed by atoms with Crippen LogP contribution in [0, 0.1) is 6.92 Å². The van der Waals surface area contributed by atoms with Gasteiger partial charge in [0.15, 0.2) is 11.5 Å². The van der Waals surface area contributed by atoms with Crippen LogP contribution in [0.1, 0.15) is 21.6 Å². The van der Waals surface area contributed by atoms with Gasteiger partial charge in [-0.1, -0.05) is 18.2 Å². The molecule has 7 heteroatoms. The van der Waals surface area contributed by atoms with Crippen molar-refractivity contribution in [3.63, 3.8) is 0 Å². The highest BCUT2D eigenvalue weighted by Gasteiger charge is 2.09. The van der Waals surface area contributed by atoms with Crippen molar-refractivity contribution < 1.29 is 14.3 Å². The van der Waals surface area contributed by atoms with Gasteiger partial charge in [-0.3, -0.25) is 4.79 Å². The number of ether oxygens (including phenoxy) is 2. The summed E-state index contributed by atoms with van der Waals surface area (Å²) in [5.41, 5.74) is 3.08. The number of methoxy groups -OCH3 is 2. The monoisotopic (exact) mass is 378 g/mol. The molecule has 1 amide bonds. The number of carbonyl (C=O) groups excluding carboxylic acids is 1. The average molecular weight is 378 g/mol. The number of nitrogens with zero attached hydrogens (tertiary/aromatic N) is 2. The normalized spacial score (nSPS) is 10.2. The Morgan fingerprint density at radius 3 is 2.39 bits per heavy atom. The summed E-state index contributed by atoms with van der Waals surface area (Å²) >= 11 is 0. The van der Waals surface area contributed by atoms with E-state index in [1.807, 2.05) is 49.4 Å². The highest BCUT2D eigenvalue weighted by molar-refractivity contribution is 5.92. The second-order valence-electron chi connectivity index (χ2n) is 6.16. The van der Waals surface area contributed by atoms with E-state index in [0.29, 0.717) is 18.1 Å². The Balaban J connectivity index is 1.61. The maximum Gasteiger partial charge on any atom is 0.272 e. The van der Waals surface area contributed by atoms with Crippen LogP contribution >= 0.6 is 0 Å². The summed E-state index contributed by atoms with van der Waals surface area (Å²) in [5.74, 6) is 1.71. The van der Waals surface area contributed by atoms with Gasteiger partial charge in [0.1, 0.15) is 11.5 Å². The topological polar surface area (TPSA) is 85.4 Å². The molecule has 0 unspecified atom stereocenters. The number of hydrogen-bond donors (Lipinski definition) is 2. The molecule has 0 saturated carbocycles. The van der Waals surface area contributed by atoms with Gasteiger partial charge in [-0.05, 0) is 54.4 Å². The fourth-order valence-electron chi connectivity index (χ4n) is 2.59. The third-order valence-corrected chi connectivity index (χ3v) is 4.13. The molecule has 1 heterocycles. The van der Waals surface area contributed by atoms with Gasteiger partial charge >= 0.3 is 0 Å². The van der Waals surface area contributed by atoms with Gasteiger partial charge in [-0.25, -0.2) is 0 Å². The first-order valence-corrected chi connectivity index (χ1v) is 8.75. The quantitative estimate of drug-likeness (QED) is 0.655. The number of benzene rings is 2. The summed E-state index contributed by atoms with van der Waals surface area (Å²) < 4.78 is 10.5. The summed E-state index contributed by atoms with van der Waals surface area (Å²) in [5, 5.41) is 14.1. The van der Waals surface area contributed by atoms with Crippen LogP contribution in [0.2, 0.25) is 0 Å². The molecule has 0 aliphatic carbocycles. The van der Waals surface area contributed by atoms with Gasteiger partial charge in [0, 0.05) is 6.54 Å². The summed E-state index contributed by atoms with van der Waals surface area (Å²) in [6, 6.07) is 16.6. The van der Waals surface area contributed by atoms with Crippen molar-refractivity contribution in [1.82, 2.24) is 15.5 Å². The van der Waals surface area contributed by atoms with Crippen LogP contribution in [0.25, 0.3) is 0 Å². The van der Waals surface area contributed by atoms with Crippen molar-refractivity contribution in [2.75, 3.05) is 19.5 Å². The second-order valence-corrected chi connectivity index (χ2v) is 6.16. The van der Waals surface area contributed by atoms with Crippen LogP contribution in [0.5, 0.6) is 11.5 Å². The molecule has 0 aliphatic heterocycles. The molecule has 3 rings (SSSR count). The molecule has 0 saturated heterocycles. The molecule has 0 aliphatic rings. The molecule has 0 bridgehead atoms. The minimum atomic E-state index is -0.289. The average Bonchev–Trinajstić information content (AvgIpc) is 2.73. The van der Waals surface area contributed by atoms with E-state index >= 15 is 0 Å². The van der Waals surface area contributed by atoms with Gasteiger partial charge in [0.05, 0.1) is 19.9 Å². The molecule has 2 N–H and O–H groups in total. The first-order chi connectivity index (χ1) is 13.6. The number of rotatable bonds is 7. The summed E-state index contributed by atoms with van der Waals surface area (Å²) in [6.45, 7) is 2.39. The molecule has 0 spiro atoms. The van der Waals surface area contributed by atoms with Crippen molar-refractivity contribution >= 4 is 17.4 Å². The van der Waals surface area contributed by atoms with Gasteiger partial charge < -0.3 is 20.1 Å². The first-order valence-electron chi connectivity index (χ1n) is 8.75. The number of aryl methyl sites for hydroxylation is 1. The van der Waals surface area contributed by atoms with Crippen LogP contribution in [-0.2, 0) is 6.54 Å². The maximum atomic E-state index is 12.3. The van der Waals surface area contributed by atoms with Crippen molar-refractivity contribution in [2.24, 2.45) is 0 Å². The highest BCUT2D eigenvalue weighted by Crippen LogP contribution is 2.27. The Morgan fingerprint density at radius 2 is 1.75 bits per heavy atom. The van der Waals surface area contributed by atoms with Gasteiger partial charge in [-0.2, -0.15) is 0 Å². The third-order valence-electron chi connectivity index (χ3n) is 4.13. The van der Waals surface area contributed by atoms with E-state index in [9.17, 15) is 4.79 Å². The minimum absolute atomic E-state index is 0.246. The molecule has 0 radical (unpaired) electrons. The number of nitrogens with one attached hydrogen (secondary N) is 2. The van der Waals surface area contributed by atoms with Crippen molar-refractivity contribution in [1.29, 1.82) is 0 Å². The first kappa shape index (κ1) is 19.2. The zero-order valence-electron chi connectivity index (χ0n) is 16.0. The lowest BCUT2D eigenvalue weighted by atomic mass is 10.2. The van der Waals surface area contributed by atoms with E-state index in [2.05, 4.69) is 20.8 Å². The van der Waals surface area contributed by atoms with Crippen molar-refractivity contribution in [2.45, 2.75) is 13.5 Å². The number of carbonyl (C=O) groups is 1. The largest absolute Gasteiger partial charge is 0.497 e. The fourth-order valence-corrected chi connectivity index (χ4v) is 2.59. The van der Waals surface area contributed by atoms with E-state index in [1.165, 1.54) is 0 Å². The molecule has 0 atom stereocenters. The van der Waals surface area contributed by atoms with Crippen LogP contribution in [0.4, 0.5) is 11.5 Å². The van der Waals surface area contributed by atoms with E-state index in [1.54, 1.807) is 26.4 Å². The summed E-state index contributed by atoms with van der Waals surface area (Å²) in [6.07, 6.45) is 0.